The third kappa shape index (κ3) is 3.04. The van der Waals surface area contributed by atoms with E-state index in [0.29, 0.717) is 18.8 Å². The Morgan fingerprint density at radius 3 is 2.56 bits per heavy atom. The van der Waals surface area contributed by atoms with Crippen LogP contribution in [0.3, 0.4) is 0 Å². The van der Waals surface area contributed by atoms with Gasteiger partial charge >= 0.3 is 0 Å². The fourth-order valence-electron chi connectivity index (χ4n) is 1.99. The molecule has 1 fully saturated rings. The van der Waals surface area contributed by atoms with E-state index in [1.807, 2.05) is 0 Å². The number of imide groups is 1. The minimum Gasteiger partial charge on any atom is -0.306 e. The SMILES string of the molecule is CCC(CC)CNC1CCC(=O)N(C)C1=O. The maximum Gasteiger partial charge on any atom is 0.246 e. The lowest BCUT2D eigenvalue weighted by Crippen LogP contribution is -2.52. The van der Waals surface area contributed by atoms with E-state index in [1.54, 1.807) is 7.05 Å². The van der Waals surface area contributed by atoms with Crippen LogP contribution in [-0.4, -0.2) is 36.3 Å². The molecule has 1 atom stereocenters. The summed E-state index contributed by atoms with van der Waals surface area (Å²) in [5.41, 5.74) is 0. The molecule has 1 unspecified atom stereocenters. The van der Waals surface area contributed by atoms with Crippen LogP contribution in [-0.2, 0) is 9.59 Å². The van der Waals surface area contributed by atoms with Gasteiger partial charge in [0.2, 0.25) is 11.8 Å². The van der Waals surface area contributed by atoms with Crippen LogP contribution in [0.15, 0.2) is 0 Å². The van der Waals surface area contributed by atoms with Crippen molar-refractivity contribution < 1.29 is 9.59 Å². The number of nitrogens with one attached hydrogen (secondary N) is 1. The van der Waals surface area contributed by atoms with Gasteiger partial charge in [-0.05, 0) is 18.9 Å². The van der Waals surface area contributed by atoms with E-state index in [9.17, 15) is 9.59 Å². The van der Waals surface area contributed by atoms with E-state index in [1.165, 1.54) is 4.90 Å². The summed E-state index contributed by atoms with van der Waals surface area (Å²) < 4.78 is 0. The number of likely N-dealkylation sites (tertiary alicyclic amines) is 1. The molecular formula is C12H22N2O2. The number of hydrogen-bond donors (Lipinski definition) is 1. The van der Waals surface area contributed by atoms with Crippen LogP contribution < -0.4 is 5.32 Å². The third-order valence-corrected chi connectivity index (χ3v) is 3.46. The highest BCUT2D eigenvalue weighted by Gasteiger charge is 2.31. The predicted octanol–water partition coefficient (Wildman–Crippen LogP) is 1.16. The normalized spacial score (nSPS) is 22.0. The van der Waals surface area contributed by atoms with Crippen molar-refractivity contribution in [2.75, 3.05) is 13.6 Å². The van der Waals surface area contributed by atoms with Gasteiger partial charge in [0.1, 0.15) is 0 Å². The van der Waals surface area contributed by atoms with Crippen LogP contribution in [0, 0.1) is 5.92 Å². The van der Waals surface area contributed by atoms with Gasteiger partial charge in [-0.3, -0.25) is 14.5 Å². The van der Waals surface area contributed by atoms with Gasteiger partial charge < -0.3 is 5.32 Å². The van der Waals surface area contributed by atoms with Crippen molar-refractivity contribution in [2.45, 2.75) is 45.6 Å². The molecule has 0 aromatic heterocycles. The Hall–Kier alpha value is -0.900. The van der Waals surface area contributed by atoms with E-state index in [-0.39, 0.29) is 17.9 Å². The van der Waals surface area contributed by atoms with Crippen LogP contribution in [0.4, 0.5) is 0 Å². The summed E-state index contributed by atoms with van der Waals surface area (Å²) in [6, 6.07) is -0.164. The standard InChI is InChI=1S/C12H22N2O2/c1-4-9(5-2)8-13-10-6-7-11(15)14(3)12(10)16/h9-10,13H,4-8H2,1-3H3. The first-order valence-electron chi connectivity index (χ1n) is 6.13. The van der Waals surface area contributed by atoms with Crippen LogP contribution in [0.2, 0.25) is 0 Å². The topological polar surface area (TPSA) is 49.4 Å². The fraction of sp³-hybridized carbons (Fsp3) is 0.833. The number of nitrogens with zero attached hydrogens (tertiary/aromatic N) is 1. The van der Waals surface area contributed by atoms with Crippen molar-refractivity contribution in [3.05, 3.63) is 0 Å². The Morgan fingerprint density at radius 2 is 2.00 bits per heavy atom. The Balaban J connectivity index is 2.43. The monoisotopic (exact) mass is 226 g/mol. The molecular weight excluding hydrogens is 204 g/mol. The van der Waals surface area contributed by atoms with Crippen LogP contribution in [0.25, 0.3) is 0 Å². The molecule has 1 saturated heterocycles. The summed E-state index contributed by atoms with van der Waals surface area (Å²) in [5.74, 6) is 0.475. The summed E-state index contributed by atoms with van der Waals surface area (Å²) in [6.45, 7) is 5.19. The lowest BCUT2D eigenvalue weighted by molar-refractivity contribution is -0.148. The predicted molar refractivity (Wildman–Crippen MR) is 62.9 cm³/mol. The van der Waals surface area contributed by atoms with Crippen LogP contribution in [0.5, 0.6) is 0 Å². The zero-order valence-electron chi connectivity index (χ0n) is 10.5. The second-order valence-electron chi connectivity index (χ2n) is 4.47. The Kier molecular flexibility index (Phi) is 4.93. The van der Waals surface area contributed by atoms with E-state index >= 15 is 0 Å². The minimum absolute atomic E-state index is 0.0643. The van der Waals surface area contributed by atoms with Crippen molar-refractivity contribution in [3.63, 3.8) is 0 Å². The molecule has 1 heterocycles. The van der Waals surface area contributed by atoms with E-state index < -0.39 is 0 Å². The molecule has 0 radical (unpaired) electrons. The first-order valence-corrected chi connectivity index (χ1v) is 6.13. The molecule has 0 aliphatic carbocycles. The molecule has 1 N–H and O–H groups in total. The first kappa shape index (κ1) is 13.2. The van der Waals surface area contributed by atoms with Gasteiger partial charge in [0.05, 0.1) is 6.04 Å². The molecule has 0 aromatic rings. The molecule has 1 aliphatic heterocycles. The molecule has 2 amide bonds. The molecule has 0 bridgehead atoms. The molecule has 4 nitrogen and oxygen atoms in total. The third-order valence-electron chi connectivity index (χ3n) is 3.46. The van der Waals surface area contributed by atoms with E-state index in [4.69, 9.17) is 0 Å². The molecule has 16 heavy (non-hydrogen) atoms. The van der Waals surface area contributed by atoms with Gasteiger partial charge in [-0.1, -0.05) is 26.7 Å². The molecule has 1 rings (SSSR count). The number of rotatable bonds is 5. The molecule has 4 heteroatoms. The summed E-state index contributed by atoms with van der Waals surface area (Å²) in [7, 11) is 1.57. The maximum atomic E-state index is 11.8. The fourth-order valence-corrected chi connectivity index (χ4v) is 1.99. The van der Waals surface area contributed by atoms with Crippen LogP contribution in [0.1, 0.15) is 39.5 Å². The number of likely N-dealkylation sites (N-methyl/N-ethyl adjacent to an activating group) is 1. The zero-order valence-corrected chi connectivity index (χ0v) is 10.5. The molecule has 0 spiro atoms. The lowest BCUT2D eigenvalue weighted by Gasteiger charge is -2.29. The van der Waals surface area contributed by atoms with Crippen molar-refractivity contribution in [1.29, 1.82) is 0 Å². The second-order valence-corrected chi connectivity index (χ2v) is 4.47. The Labute approximate surface area is 97.4 Å². The second kappa shape index (κ2) is 5.99. The highest BCUT2D eigenvalue weighted by molar-refractivity contribution is 6.00. The van der Waals surface area contributed by atoms with E-state index in [0.717, 1.165) is 19.4 Å². The zero-order chi connectivity index (χ0) is 12.1. The lowest BCUT2D eigenvalue weighted by atomic mass is 10.0. The van der Waals surface area contributed by atoms with Crippen molar-refractivity contribution in [1.82, 2.24) is 10.2 Å². The molecule has 0 aromatic carbocycles. The molecule has 0 saturated carbocycles. The summed E-state index contributed by atoms with van der Waals surface area (Å²) in [5, 5.41) is 3.28. The Bertz CT molecular complexity index is 262. The minimum atomic E-state index is -0.164. The maximum absolute atomic E-state index is 11.8. The van der Waals surface area contributed by atoms with Crippen molar-refractivity contribution in [3.8, 4) is 0 Å². The summed E-state index contributed by atoms with van der Waals surface area (Å²) in [4.78, 5) is 24.3. The number of amides is 2. The first-order chi connectivity index (χ1) is 7.60. The summed E-state index contributed by atoms with van der Waals surface area (Å²) in [6.07, 6.45) is 3.36. The van der Waals surface area contributed by atoms with Gasteiger partial charge in [-0.15, -0.1) is 0 Å². The average Bonchev–Trinajstić information content (AvgIpc) is 2.30. The average molecular weight is 226 g/mol. The number of piperidine rings is 1. The van der Waals surface area contributed by atoms with Gasteiger partial charge in [0.25, 0.3) is 0 Å². The van der Waals surface area contributed by atoms with Gasteiger partial charge in [-0.25, -0.2) is 0 Å². The largest absolute Gasteiger partial charge is 0.306 e. The highest BCUT2D eigenvalue weighted by Crippen LogP contribution is 2.13. The van der Waals surface area contributed by atoms with Crippen molar-refractivity contribution in [2.24, 2.45) is 5.92 Å². The van der Waals surface area contributed by atoms with E-state index in [2.05, 4.69) is 19.2 Å². The number of carbonyl (C=O) groups is 2. The van der Waals surface area contributed by atoms with Gasteiger partial charge in [0.15, 0.2) is 0 Å². The smallest absolute Gasteiger partial charge is 0.246 e. The summed E-state index contributed by atoms with van der Waals surface area (Å²) >= 11 is 0. The highest BCUT2D eigenvalue weighted by atomic mass is 16.2. The van der Waals surface area contributed by atoms with Gasteiger partial charge in [-0.2, -0.15) is 0 Å². The quantitative estimate of drug-likeness (QED) is 0.716. The number of hydrogen-bond acceptors (Lipinski definition) is 3. The van der Waals surface area contributed by atoms with Gasteiger partial charge in [0, 0.05) is 13.5 Å². The number of carbonyl (C=O) groups excluding carboxylic acids is 2. The Morgan fingerprint density at radius 1 is 1.38 bits per heavy atom. The molecule has 1 aliphatic rings. The van der Waals surface area contributed by atoms with Crippen LogP contribution >= 0.6 is 0 Å². The molecule has 92 valence electrons. The van der Waals surface area contributed by atoms with Crippen molar-refractivity contribution >= 4 is 11.8 Å².